The van der Waals surface area contributed by atoms with Gasteiger partial charge < -0.3 is 4.42 Å². The molecule has 0 atom stereocenters. The zero-order valence-electron chi connectivity index (χ0n) is 13.4. The summed E-state index contributed by atoms with van der Waals surface area (Å²) in [6, 6.07) is 18.7. The van der Waals surface area contributed by atoms with Crippen molar-refractivity contribution in [2.24, 2.45) is 0 Å². The maximum atomic E-state index is 12.3. The van der Waals surface area contributed by atoms with Crippen LogP contribution in [0.1, 0.15) is 10.7 Å². The summed E-state index contributed by atoms with van der Waals surface area (Å²) in [6.07, 6.45) is 0. The van der Waals surface area contributed by atoms with E-state index in [9.17, 15) is 4.79 Å². The van der Waals surface area contributed by atoms with Crippen molar-refractivity contribution in [3.63, 3.8) is 0 Å². The second-order valence-electron chi connectivity index (χ2n) is 5.20. The van der Waals surface area contributed by atoms with Gasteiger partial charge in [0.25, 0.3) is 5.89 Å². The third-order valence-electron chi connectivity index (χ3n) is 3.46. The maximum Gasteiger partial charge on any atom is 0.285 e. The lowest BCUT2D eigenvalue weighted by Crippen LogP contribution is -2.05. The zero-order chi connectivity index (χ0) is 17.8. The van der Waals surface area contributed by atoms with Gasteiger partial charge in [-0.25, -0.2) is 0 Å². The monoisotopic (exact) mass is 364 g/mol. The third kappa shape index (κ3) is 3.38. The van der Waals surface area contributed by atoms with Crippen LogP contribution >= 0.6 is 11.8 Å². The standard InChI is InChI=1S/C17H12N6O2S/c24-14(16-19-18-15(25-16)12-7-3-1-4-8-12)11-26-17-20-21-22-23(17)13-9-5-2-6-10-13/h1-10H,11H2. The normalized spacial score (nSPS) is 10.8. The summed E-state index contributed by atoms with van der Waals surface area (Å²) in [4.78, 5) is 12.3. The fraction of sp³-hybridized carbons (Fsp3) is 0.0588. The number of benzene rings is 2. The molecule has 26 heavy (non-hydrogen) atoms. The topological polar surface area (TPSA) is 99.6 Å². The molecule has 0 bridgehead atoms. The Bertz CT molecular complexity index is 1020. The summed E-state index contributed by atoms with van der Waals surface area (Å²) in [5, 5.41) is 19.8. The van der Waals surface area contributed by atoms with Crippen LogP contribution in [0.2, 0.25) is 0 Å². The fourth-order valence-corrected chi connectivity index (χ4v) is 2.97. The molecular formula is C17H12N6O2S. The molecule has 0 fully saturated rings. The minimum absolute atomic E-state index is 0.0323. The van der Waals surface area contributed by atoms with Crippen molar-refractivity contribution in [3.05, 3.63) is 66.6 Å². The molecule has 0 spiro atoms. The van der Waals surface area contributed by atoms with Gasteiger partial charge in [0.1, 0.15) is 0 Å². The van der Waals surface area contributed by atoms with Gasteiger partial charge >= 0.3 is 0 Å². The van der Waals surface area contributed by atoms with Crippen LogP contribution in [-0.2, 0) is 0 Å². The van der Waals surface area contributed by atoms with Crippen molar-refractivity contribution in [2.45, 2.75) is 5.16 Å². The van der Waals surface area contributed by atoms with E-state index in [2.05, 4.69) is 25.7 Å². The van der Waals surface area contributed by atoms with E-state index < -0.39 is 0 Å². The van der Waals surface area contributed by atoms with Crippen molar-refractivity contribution in [3.8, 4) is 17.1 Å². The zero-order valence-corrected chi connectivity index (χ0v) is 14.2. The second kappa shape index (κ2) is 7.28. The lowest BCUT2D eigenvalue weighted by Gasteiger charge is -2.02. The summed E-state index contributed by atoms with van der Waals surface area (Å²) in [6.45, 7) is 0. The first-order valence-electron chi connectivity index (χ1n) is 7.70. The maximum absolute atomic E-state index is 12.3. The number of para-hydroxylation sites is 1. The molecule has 0 aliphatic rings. The first kappa shape index (κ1) is 16.2. The van der Waals surface area contributed by atoms with Gasteiger partial charge in [0, 0.05) is 5.56 Å². The lowest BCUT2D eigenvalue weighted by molar-refractivity contribution is 0.0986. The number of ketones is 1. The van der Waals surface area contributed by atoms with Crippen molar-refractivity contribution in [1.82, 2.24) is 30.4 Å². The van der Waals surface area contributed by atoms with Gasteiger partial charge in [0.05, 0.1) is 11.4 Å². The Labute approximate surface area is 152 Å². The van der Waals surface area contributed by atoms with E-state index in [1.165, 1.54) is 11.8 Å². The van der Waals surface area contributed by atoms with Crippen LogP contribution in [0.25, 0.3) is 17.1 Å². The van der Waals surface area contributed by atoms with Gasteiger partial charge in [-0.1, -0.05) is 48.2 Å². The van der Waals surface area contributed by atoms with Crippen molar-refractivity contribution < 1.29 is 9.21 Å². The molecule has 0 unspecified atom stereocenters. The average Bonchev–Trinajstić information content (AvgIpc) is 3.37. The molecule has 0 N–H and O–H groups in total. The number of carbonyl (C=O) groups is 1. The molecule has 0 saturated heterocycles. The summed E-state index contributed by atoms with van der Waals surface area (Å²) in [5.74, 6) is 0.0827. The van der Waals surface area contributed by atoms with Crippen LogP contribution in [0, 0.1) is 0 Å². The molecule has 4 rings (SSSR count). The summed E-state index contributed by atoms with van der Waals surface area (Å²) in [5.41, 5.74) is 1.58. The van der Waals surface area contributed by atoms with Crippen LogP contribution in [0.4, 0.5) is 0 Å². The number of rotatable bonds is 6. The van der Waals surface area contributed by atoms with Gasteiger partial charge in [-0.2, -0.15) is 4.68 Å². The molecule has 0 saturated carbocycles. The molecule has 4 aromatic rings. The highest BCUT2D eigenvalue weighted by Gasteiger charge is 2.18. The Morgan fingerprint density at radius 1 is 0.962 bits per heavy atom. The van der Waals surface area contributed by atoms with Crippen molar-refractivity contribution >= 4 is 17.5 Å². The Kier molecular flexibility index (Phi) is 4.52. The van der Waals surface area contributed by atoms with Crippen LogP contribution in [0.5, 0.6) is 0 Å². The minimum atomic E-state index is -0.285. The highest BCUT2D eigenvalue weighted by molar-refractivity contribution is 7.99. The van der Waals surface area contributed by atoms with E-state index in [-0.39, 0.29) is 17.4 Å². The number of tetrazole rings is 1. The molecule has 2 aromatic carbocycles. The molecule has 8 nitrogen and oxygen atoms in total. The summed E-state index contributed by atoms with van der Waals surface area (Å²) < 4.78 is 7.04. The first-order valence-corrected chi connectivity index (χ1v) is 8.68. The van der Waals surface area contributed by atoms with Gasteiger partial charge in [-0.05, 0) is 34.7 Å². The Balaban J connectivity index is 1.46. The Hall–Kier alpha value is -3.33. The van der Waals surface area contributed by atoms with E-state index in [0.29, 0.717) is 11.0 Å². The third-order valence-corrected chi connectivity index (χ3v) is 4.38. The number of aromatic nitrogens is 6. The van der Waals surface area contributed by atoms with Crippen LogP contribution < -0.4 is 0 Å². The van der Waals surface area contributed by atoms with E-state index in [4.69, 9.17) is 4.42 Å². The van der Waals surface area contributed by atoms with Crippen LogP contribution in [0.3, 0.4) is 0 Å². The largest absolute Gasteiger partial charge is 0.414 e. The second-order valence-corrected chi connectivity index (χ2v) is 6.14. The van der Waals surface area contributed by atoms with Gasteiger partial charge in [-0.3, -0.25) is 4.79 Å². The predicted octanol–water partition coefficient (Wildman–Crippen LogP) is 2.69. The molecule has 0 aliphatic carbocycles. The van der Waals surface area contributed by atoms with E-state index >= 15 is 0 Å². The van der Waals surface area contributed by atoms with Crippen LogP contribution in [-0.4, -0.2) is 41.9 Å². The number of nitrogens with zero attached hydrogens (tertiary/aromatic N) is 6. The van der Waals surface area contributed by atoms with Crippen molar-refractivity contribution in [1.29, 1.82) is 0 Å². The Morgan fingerprint density at radius 3 is 2.46 bits per heavy atom. The number of thioether (sulfide) groups is 1. The number of Topliss-reactive ketones (excluding diaryl/α,β-unsaturated/α-hetero) is 1. The van der Waals surface area contributed by atoms with E-state index in [0.717, 1.165) is 11.3 Å². The molecule has 0 radical (unpaired) electrons. The van der Waals surface area contributed by atoms with E-state index in [1.54, 1.807) is 4.68 Å². The number of hydrogen-bond acceptors (Lipinski definition) is 8. The predicted molar refractivity (Wildman–Crippen MR) is 93.9 cm³/mol. The number of hydrogen-bond donors (Lipinski definition) is 0. The highest BCUT2D eigenvalue weighted by Crippen LogP contribution is 2.21. The van der Waals surface area contributed by atoms with Crippen LogP contribution in [0.15, 0.2) is 70.2 Å². The molecule has 9 heteroatoms. The fourth-order valence-electron chi connectivity index (χ4n) is 2.23. The number of carbonyl (C=O) groups excluding carboxylic acids is 1. The molecular weight excluding hydrogens is 352 g/mol. The van der Waals surface area contributed by atoms with Gasteiger partial charge in [-0.15, -0.1) is 15.3 Å². The minimum Gasteiger partial charge on any atom is -0.414 e. The van der Waals surface area contributed by atoms with Gasteiger partial charge in [0.2, 0.25) is 16.8 Å². The Morgan fingerprint density at radius 2 is 1.69 bits per heavy atom. The van der Waals surface area contributed by atoms with Crippen molar-refractivity contribution in [2.75, 3.05) is 5.75 Å². The quantitative estimate of drug-likeness (QED) is 0.380. The van der Waals surface area contributed by atoms with E-state index in [1.807, 2.05) is 60.7 Å². The molecule has 0 aliphatic heterocycles. The lowest BCUT2D eigenvalue weighted by atomic mass is 10.2. The smallest absolute Gasteiger partial charge is 0.285 e. The molecule has 2 heterocycles. The SMILES string of the molecule is O=C(CSc1nnnn1-c1ccccc1)c1nnc(-c2ccccc2)o1. The molecule has 2 aromatic heterocycles. The molecule has 128 valence electrons. The first-order chi connectivity index (χ1) is 12.8. The van der Waals surface area contributed by atoms with Gasteiger partial charge in [0.15, 0.2) is 0 Å². The summed E-state index contributed by atoms with van der Waals surface area (Å²) in [7, 11) is 0. The highest BCUT2D eigenvalue weighted by atomic mass is 32.2. The summed E-state index contributed by atoms with van der Waals surface area (Å²) >= 11 is 1.21. The molecule has 0 amide bonds. The average molecular weight is 364 g/mol.